The minimum Gasteiger partial charge on any atom is -0.300 e. The van der Waals surface area contributed by atoms with Gasteiger partial charge in [-0.1, -0.05) is 24.3 Å². The first-order valence-corrected chi connectivity index (χ1v) is 4.85. The van der Waals surface area contributed by atoms with Gasteiger partial charge in [-0.05, 0) is 24.5 Å². The molecule has 0 saturated carbocycles. The Kier molecular flexibility index (Phi) is 3.55. The number of fused-ring (bicyclic) bond motifs is 1. The first-order valence-electron chi connectivity index (χ1n) is 4.85. The van der Waals surface area contributed by atoms with Crippen LogP contribution in [0.2, 0.25) is 0 Å². The fraction of sp³-hybridized carbons (Fsp3) is 0.455. The molecule has 16 heavy (non-hydrogen) atoms. The maximum Gasteiger partial charge on any atom is 0.410 e. The summed E-state index contributed by atoms with van der Waals surface area (Å²) in [6.07, 6.45) is -3.61. The molecule has 0 aromatic heterocycles. The van der Waals surface area contributed by atoms with Crippen LogP contribution in [-0.4, -0.2) is 12.7 Å². The SMILES string of the molecule is CC1(C(F)(F)F)NCCc2ccccc21.Cl. The maximum atomic E-state index is 12.9. The van der Waals surface area contributed by atoms with E-state index in [1.807, 2.05) is 0 Å². The van der Waals surface area contributed by atoms with Crippen LogP contribution >= 0.6 is 12.4 Å². The molecule has 1 aliphatic heterocycles. The molecular formula is C11H13ClF3N. The normalized spacial score (nSPS) is 24.5. The van der Waals surface area contributed by atoms with E-state index >= 15 is 0 Å². The molecule has 5 heteroatoms. The van der Waals surface area contributed by atoms with Crippen LogP contribution in [0, 0.1) is 0 Å². The van der Waals surface area contributed by atoms with E-state index in [4.69, 9.17) is 0 Å². The van der Waals surface area contributed by atoms with Gasteiger partial charge in [0.2, 0.25) is 0 Å². The molecule has 1 aromatic carbocycles. The summed E-state index contributed by atoms with van der Waals surface area (Å²) in [6, 6.07) is 6.74. The Morgan fingerprint density at radius 1 is 1.25 bits per heavy atom. The molecule has 1 nitrogen and oxygen atoms in total. The Bertz CT molecular complexity index is 378. The van der Waals surface area contributed by atoms with Crippen molar-refractivity contribution in [3.05, 3.63) is 35.4 Å². The summed E-state index contributed by atoms with van der Waals surface area (Å²) in [5.41, 5.74) is -0.762. The molecule has 2 rings (SSSR count). The molecule has 0 fully saturated rings. The second-order valence-corrected chi connectivity index (χ2v) is 3.96. The highest BCUT2D eigenvalue weighted by Crippen LogP contribution is 2.41. The third-order valence-electron chi connectivity index (χ3n) is 3.00. The van der Waals surface area contributed by atoms with Gasteiger partial charge in [-0.25, -0.2) is 0 Å². The summed E-state index contributed by atoms with van der Waals surface area (Å²) in [5, 5.41) is 2.57. The first-order chi connectivity index (χ1) is 6.95. The number of hydrogen-bond acceptors (Lipinski definition) is 1. The van der Waals surface area contributed by atoms with Crippen molar-refractivity contribution in [2.45, 2.75) is 25.1 Å². The summed E-state index contributed by atoms with van der Waals surface area (Å²) in [5.74, 6) is 0. The summed E-state index contributed by atoms with van der Waals surface area (Å²) in [4.78, 5) is 0. The smallest absolute Gasteiger partial charge is 0.300 e. The van der Waals surface area contributed by atoms with E-state index in [1.54, 1.807) is 24.3 Å². The van der Waals surface area contributed by atoms with E-state index in [-0.39, 0.29) is 12.4 Å². The molecule has 1 N–H and O–H groups in total. The zero-order valence-corrected chi connectivity index (χ0v) is 9.58. The van der Waals surface area contributed by atoms with Crippen molar-refractivity contribution in [2.75, 3.05) is 6.54 Å². The van der Waals surface area contributed by atoms with E-state index in [9.17, 15) is 13.2 Å². The van der Waals surface area contributed by atoms with Crippen LogP contribution in [0.25, 0.3) is 0 Å². The first kappa shape index (κ1) is 13.3. The summed E-state index contributed by atoms with van der Waals surface area (Å²) < 4.78 is 38.8. The lowest BCUT2D eigenvalue weighted by Gasteiger charge is -2.38. The topological polar surface area (TPSA) is 12.0 Å². The minimum absolute atomic E-state index is 0. The molecule has 0 amide bonds. The van der Waals surface area contributed by atoms with Crippen LogP contribution < -0.4 is 5.32 Å². The Labute approximate surface area is 98.4 Å². The number of alkyl halides is 3. The number of rotatable bonds is 0. The maximum absolute atomic E-state index is 12.9. The Hall–Kier alpha value is -0.740. The Balaban J connectivity index is 0.00000128. The molecule has 90 valence electrons. The fourth-order valence-electron chi connectivity index (χ4n) is 2.02. The van der Waals surface area contributed by atoms with E-state index < -0.39 is 11.7 Å². The second-order valence-electron chi connectivity index (χ2n) is 3.96. The largest absolute Gasteiger partial charge is 0.410 e. The zero-order chi connectivity index (χ0) is 11.1. The van der Waals surface area contributed by atoms with Gasteiger partial charge in [-0.2, -0.15) is 13.2 Å². The standard InChI is InChI=1S/C11H12F3N.ClH/c1-10(11(12,13)14)9-5-3-2-4-8(9)6-7-15-10;/h2-5,15H,6-7H2,1H3;1H. The van der Waals surface area contributed by atoms with Crippen molar-refractivity contribution in [3.8, 4) is 0 Å². The van der Waals surface area contributed by atoms with Crippen molar-refractivity contribution < 1.29 is 13.2 Å². The monoisotopic (exact) mass is 251 g/mol. The summed E-state index contributed by atoms with van der Waals surface area (Å²) in [7, 11) is 0. The van der Waals surface area contributed by atoms with Crippen LogP contribution in [0.4, 0.5) is 13.2 Å². The lowest BCUT2D eigenvalue weighted by atomic mass is 9.83. The predicted octanol–water partition coefficient (Wildman–Crippen LogP) is 3.03. The van der Waals surface area contributed by atoms with Gasteiger partial charge < -0.3 is 0 Å². The fourth-order valence-corrected chi connectivity index (χ4v) is 2.02. The molecule has 1 atom stereocenters. The van der Waals surface area contributed by atoms with Crippen LogP contribution in [0.1, 0.15) is 18.1 Å². The number of nitrogens with one attached hydrogen (secondary N) is 1. The summed E-state index contributed by atoms with van der Waals surface area (Å²) in [6.45, 7) is 1.57. The van der Waals surface area contributed by atoms with Crippen molar-refractivity contribution in [1.29, 1.82) is 0 Å². The van der Waals surface area contributed by atoms with Crippen LogP contribution in [0.3, 0.4) is 0 Å². The number of halogens is 4. The number of hydrogen-bond donors (Lipinski definition) is 1. The average molecular weight is 252 g/mol. The highest BCUT2D eigenvalue weighted by Gasteiger charge is 2.53. The lowest BCUT2D eigenvalue weighted by molar-refractivity contribution is -0.196. The van der Waals surface area contributed by atoms with Gasteiger partial charge in [0, 0.05) is 6.54 Å². The second kappa shape index (κ2) is 4.26. The van der Waals surface area contributed by atoms with E-state index in [0.29, 0.717) is 18.5 Å². The molecule has 0 saturated heterocycles. The molecule has 1 aromatic rings. The molecule has 1 aliphatic rings. The van der Waals surface area contributed by atoms with Crippen molar-refractivity contribution in [3.63, 3.8) is 0 Å². The van der Waals surface area contributed by atoms with Gasteiger partial charge in [0.1, 0.15) is 5.54 Å². The molecule has 0 bridgehead atoms. The van der Waals surface area contributed by atoms with Crippen molar-refractivity contribution >= 4 is 12.4 Å². The molecule has 1 unspecified atom stereocenters. The third-order valence-corrected chi connectivity index (χ3v) is 3.00. The highest BCUT2D eigenvalue weighted by molar-refractivity contribution is 5.85. The van der Waals surface area contributed by atoms with Crippen molar-refractivity contribution in [2.24, 2.45) is 0 Å². The molecular weight excluding hydrogens is 239 g/mol. The minimum atomic E-state index is -4.26. The Morgan fingerprint density at radius 3 is 2.50 bits per heavy atom. The van der Waals surface area contributed by atoms with Gasteiger partial charge in [0.05, 0.1) is 0 Å². The van der Waals surface area contributed by atoms with Gasteiger partial charge >= 0.3 is 6.18 Å². The highest BCUT2D eigenvalue weighted by atomic mass is 35.5. The van der Waals surface area contributed by atoms with E-state index in [0.717, 1.165) is 5.56 Å². The Morgan fingerprint density at radius 2 is 1.88 bits per heavy atom. The van der Waals surface area contributed by atoms with Gasteiger partial charge in [-0.15, -0.1) is 12.4 Å². The van der Waals surface area contributed by atoms with Crippen LogP contribution in [-0.2, 0) is 12.0 Å². The molecule has 1 heterocycles. The van der Waals surface area contributed by atoms with Gasteiger partial charge in [0.25, 0.3) is 0 Å². The quantitative estimate of drug-likeness (QED) is 0.747. The van der Waals surface area contributed by atoms with E-state index in [1.165, 1.54) is 6.92 Å². The lowest BCUT2D eigenvalue weighted by Crippen LogP contribution is -2.55. The van der Waals surface area contributed by atoms with Gasteiger partial charge in [0.15, 0.2) is 0 Å². The average Bonchev–Trinajstić information content (AvgIpc) is 2.17. The van der Waals surface area contributed by atoms with Crippen LogP contribution in [0.15, 0.2) is 24.3 Å². The zero-order valence-electron chi connectivity index (χ0n) is 8.77. The van der Waals surface area contributed by atoms with Crippen LogP contribution in [0.5, 0.6) is 0 Å². The third kappa shape index (κ3) is 1.92. The summed E-state index contributed by atoms with van der Waals surface area (Å²) >= 11 is 0. The molecule has 0 radical (unpaired) electrons. The number of benzene rings is 1. The van der Waals surface area contributed by atoms with Crippen molar-refractivity contribution in [1.82, 2.24) is 5.32 Å². The molecule has 0 aliphatic carbocycles. The van der Waals surface area contributed by atoms with E-state index in [2.05, 4.69) is 5.32 Å². The van der Waals surface area contributed by atoms with Gasteiger partial charge in [-0.3, -0.25) is 5.32 Å². The molecule has 0 spiro atoms. The predicted molar refractivity (Wildman–Crippen MR) is 58.8 cm³/mol.